The van der Waals surface area contributed by atoms with Crippen molar-refractivity contribution in [1.82, 2.24) is 9.47 Å². The van der Waals surface area contributed by atoms with E-state index in [0.717, 1.165) is 51.5 Å². The molecule has 0 saturated carbocycles. The van der Waals surface area contributed by atoms with Gasteiger partial charge in [-0.1, -0.05) is 50.8 Å². The van der Waals surface area contributed by atoms with E-state index in [-0.39, 0.29) is 17.7 Å². The fraction of sp³-hybridized carbons (Fsp3) is 0.433. The van der Waals surface area contributed by atoms with Crippen LogP contribution in [-0.2, 0) is 9.59 Å². The smallest absolute Gasteiger partial charge is 0.262 e. The zero-order valence-corrected chi connectivity index (χ0v) is 22.2. The van der Waals surface area contributed by atoms with Crippen molar-refractivity contribution in [3.8, 4) is 0 Å². The summed E-state index contributed by atoms with van der Waals surface area (Å²) in [6.45, 7) is 4.89. The number of fused-ring (bicyclic) bond motifs is 1. The molecular formula is C30H38FN3O3. The molecule has 198 valence electrons. The maximum Gasteiger partial charge on any atom is 0.262 e. The van der Waals surface area contributed by atoms with Crippen molar-refractivity contribution in [2.45, 2.75) is 65.2 Å². The summed E-state index contributed by atoms with van der Waals surface area (Å²) in [4.78, 5) is 41.4. The molecule has 7 heteroatoms. The van der Waals surface area contributed by atoms with Gasteiger partial charge in [-0.25, -0.2) is 4.39 Å². The number of nitrogens with zero attached hydrogens (tertiary/aromatic N) is 3. The lowest BCUT2D eigenvalue weighted by Crippen LogP contribution is -2.29. The van der Waals surface area contributed by atoms with Crippen LogP contribution in [0.4, 0.5) is 10.1 Å². The molecule has 6 nitrogen and oxygen atoms in total. The zero-order chi connectivity index (χ0) is 26.8. The van der Waals surface area contributed by atoms with E-state index in [1.807, 2.05) is 18.0 Å². The molecular weight excluding hydrogens is 469 g/mol. The molecule has 0 radical (unpaired) electrons. The predicted octanol–water partition coefficient (Wildman–Crippen LogP) is 6.42. The van der Waals surface area contributed by atoms with Crippen LogP contribution in [0.1, 0.15) is 75.6 Å². The van der Waals surface area contributed by atoms with Crippen LogP contribution in [0.15, 0.2) is 54.7 Å². The highest BCUT2D eigenvalue weighted by molar-refractivity contribution is 6.09. The van der Waals surface area contributed by atoms with E-state index in [1.54, 1.807) is 41.4 Å². The molecule has 0 aliphatic carbocycles. The van der Waals surface area contributed by atoms with Crippen molar-refractivity contribution in [3.63, 3.8) is 0 Å². The number of carbonyl (C=O) groups excluding carboxylic acids is 3. The minimum Gasteiger partial charge on any atom is -0.346 e. The monoisotopic (exact) mass is 507 g/mol. The molecule has 0 bridgehead atoms. The van der Waals surface area contributed by atoms with Crippen LogP contribution in [-0.4, -0.2) is 47.3 Å². The average molecular weight is 508 g/mol. The number of hydrogen-bond donors (Lipinski definition) is 0. The largest absolute Gasteiger partial charge is 0.346 e. The van der Waals surface area contributed by atoms with Gasteiger partial charge in [0.15, 0.2) is 0 Å². The van der Waals surface area contributed by atoms with Gasteiger partial charge in [-0.2, -0.15) is 0 Å². The predicted molar refractivity (Wildman–Crippen MR) is 146 cm³/mol. The van der Waals surface area contributed by atoms with E-state index in [0.29, 0.717) is 35.1 Å². The third kappa shape index (κ3) is 7.51. The van der Waals surface area contributed by atoms with Gasteiger partial charge in [0.25, 0.3) is 5.91 Å². The highest BCUT2D eigenvalue weighted by Crippen LogP contribution is 2.31. The molecule has 3 rings (SSSR count). The Labute approximate surface area is 219 Å². The Kier molecular flexibility index (Phi) is 10.4. The quantitative estimate of drug-likeness (QED) is 0.251. The molecule has 2 aromatic carbocycles. The SMILES string of the molecule is CCCCN(C)C(=O)CCCCCCCN(C(C)=O)c1cn(C(=O)c2ccccc2)c2ccc(F)cc12. The summed E-state index contributed by atoms with van der Waals surface area (Å²) in [5.74, 6) is -0.611. The number of unbranched alkanes of at least 4 members (excludes halogenated alkanes) is 5. The van der Waals surface area contributed by atoms with Crippen LogP contribution in [0.5, 0.6) is 0 Å². The average Bonchev–Trinajstić information content (AvgIpc) is 3.26. The fourth-order valence-electron chi connectivity index (χ4n) is 4.52. The number of halogens is 1. The normalized spacial score (nSPS) is 11.0. The van der Waals surface area contributed by atoms with Crippen molar-refractivity contribution in [1.29, 1.82) is 0 Å². The summed E-state index contributed by atoms with van der Waals surface area (Å²) in [6.07, 6.45) is 8.80. The molecule has 0 atom stereocenters. The Morgan fingerprint density at radius 1 is 0.892 bits per heavy atom. The minimum absolute atomic E-state index is 0.156. The molecule has 1 heterocycles. The van der Waals surface area contributed by atoms with E-state index in [1.165, 1.54) is 23.6 Å². The van der Waals surface area contributed by atoms with E-state index in [4.69, 9.17) is 0 Å². The molecule has 0 fully saturated rings. The maximum atomic E-state index is 14.2. The van der Waals surface area contributed by atoms with Crippen molar-refractivity contribution < 1.29 is 18.8 Å². The van der Waals surface area contributed by atoms with Crippen LogP contribution >= 0.6 is 0 Å². The van der Waals surface area contributed by atoms with Gasteiger partial charge in [-0.15, -0.1) is 0 Å². The Hall–Kier alpha value is -3.48. The van der Waals surface area contributed by atoms with Crippen molar-refractivity contribution >= 4 is 34.3 Å². The third-order valence-corrected chi connectivity index (χ3v) is 6.70. The van der Waals surface area contributed by atoms with Gasteiger partial charge in [0, 0.05) is 50.6 Å². The first-order chi connectivity index (χ1) is 17.8. The molecule has 0 saturated heterocycles. The zero-order valence-electron chi connectivity index (χ0n) is 22.2. The van der Waals surface area contributed by atoms with Crippen molar-refractivity contribution in [2.24, 2.45) is 0 Å². The summed E-state index contributed by atoms with van der Waals surface area (Å²) in [5.41, 5.74) is 1.61. The number of carbonyl (C=O) groups is 3. The Morgan fingerprint density at radius 2 is 1.59 bits per heavy atom. The molecule has 0 aliphatic heterocycles. The molecule has 0 spiro atoms. The highest BCUT2D eigenvalue weighted by atomic mass is 19.1. The summed E-state index contributed by atoms with van der Waals surface area (Å²) < 4.78 is 15.7. The number of anilines is 1. The molecule has 0 unspecified atom stereocenters. The minimum atomic E-state index is -0.419. The summed E-state index contributed by atoms with van der Waals surface area (Å²) >= 11 is 0. The second-order valence-electron chi connectivity index (χ2n) is 9.57. The number of hydrogen-bond acceptors (Lipinski definition) is 3. The second-order valence-corrected chi connectivity index (χ2v) is 9.57. The number of benzene rings is 2. The summed E-state index contributed by atoms with van der Waals surface area (Å²) in [6, 6.07) is 13.2. The highest BCUT2D eigenvalue weighted by Gasteiger charge is 2.21. The third-order valence-electron chi connectivity index (χ3n) is 6.70. The molecule has 37 heavy (non-hydrogen) atoms. The van der Waals surface area contributed by atoms with Gasteiger partial charge >= 0.3 is 0 Å². The van der Waals surface area contributed by atoms with E-state index in [2.05, 4.69) is 6.92 Å². The summed E-state index contributed by atoms with van der Waals surface area (Å²) in [7, 11) is 1.87. The van der Waals surface area contributed by atoms with Crippen LogP contribution in [0.25, 0.3) is 10.9 Å². The van der Waals surface area contributed by atoms with Crippen LogP contribution in [0.3, 0.4) is 0 Å². The first-order valence-electron chi connectivity index (χ1n) is 13.3. The van der Waals surface area contributed by atoms with Gasteiger partial charge in [-0.05, 0) is 49.6 Å². The second kappa shape index (κ2) is 13.7. The van der Waals surface area contributed by atoms with Gasteiger partial charge in [0.05, 0.1) is 11.2 Å². The van der Waals surface area contributed by atoms with Gasteiger partial charge in [0.2, 0.25) is 11.8 Å². The van der Waals surface area contributed by atoms with Crippen molar-refractivity contribution in [2.75, 3.05) is 25.0 Å². The number of aromatic nitrogens is 1. The van der Waals surface area contributed by atoms with E-state index in [9.17, 15) is 18.8 Å². The van der Waals surface area contributed by atoms with Gasteiger partial charge in [0.1, 0.15) is 5.82 Å². The van der Waals surface area contributed by atoms with Crippen LogP contribution in [0, 0.1) is 5.82 Å². The lowest BCUT2D eigenvalue weighted by Gasteiger charge is -2.20. The van der Waals surface area contributed by atoms with Crippen LogP contribution < -0.4 is 4.90 Å². The number of amides is 2. The molecule has 0 N–H and O–H groups in total. The van der Waals surface area contributed by atoms with Crippen LogP contribution in [0.2, 0.25) is 0 Å². The maximum absolute atomic E-state index is 14.2. The Bertz CT molecular complexity index is 1210. The van der Waals surface area contributed by atoms with Crippen molar-refractivity contribution in [3.05, 3.63) is 66.1 Å². The summed E-state index contributed by atoms with van der Waals surface area (Å²) in [5, 5.41) is 0.533. The molecule has 0 aliphatic rings. The molecule has 2 amide bonds. The molecule has 3 aromatic rings. The first-order valence-corrected chi connectivity index (χ1v) is 13.3. The van der Waals surface area contributed by atoms with E-state index >= 15 is 0 Å². The Morgan fingerprint density at radius 3 is 2.30 bits per heavy atom. The fourth-order valence-corrected chi connectivity index (χ4v) is 4.52. The van der Waals surface area contributed by atoms with Gasteiger partial charge in [-0.3, -0.25) is 19.0 Å². The number of rotatable bonds is 13. The lowest BCUT2D eigenvalue weighted by molar-refractivity contribution is -0.130. The topological polar surface area (TPSA) is 62.6 Å². The lowest BCUT2D eigenvalue weighted by atomic mass is 10.1. The Balaban J connectivity index is 1.62. The first kappa shape index (κ1) is 28.1. The standard InChI is InChI=1S/C30H38FN3O3/c1-4-5-19-32(3)29(36)16-12-7-6-8-13-20-33(23(2)35)28-22-34(27-18-17-25(31)21-26(27)28)30(37)24-14-10-9-11-15-24/h9-11,14-15,17-18,21-22H,4-8,12-13,16,19-20H2,1-3H3. The van der Waals surface area contributed by atoms with E-state index < -0.39 is 5.82 Å². The van der Waals surface area contributed by atoms with Gasteiger partial charge < -0.3 is 9.80 Å². The molecule has 1 aromatic heterocycles.